The molecule has 0 aliphatic rings. The van der Waals surface area contributed by atoms with Crippen LogP contribution in [0.4, 0.5) is 0 Å². The summed E-state index contributed by atoms with van der Waals surface area (Å²) in [6.07, 6.45) is 1.14. The second-order valence-corrected chi connectivity index (χ2v) is 6.88. The summed E-state index contributed by atoms with van der Waals surface area (Å²) in [5.41, 5.74) is 9.02. The number of methoxy groups -OCH3 is 1. The highest BCUT2D eigenvalue weighted by atomic mass is 16.5. The van der Waals surface area contributed by atoms with Gasteiger partial charge < -0.3 is 10.1 Å². The predicted molar refractivity (Wildman–Crippen MR) is 92.5 cm³/mol. The Labute approximate surface area is 131 Å². The first-order valence-electron chi connectivity index (χ1n) is 8.01. The van der Waals surface area contributed by atoms with Crippen molar-refractivity contribution in [3.63, 3.8) is 0 Å². The highest BCUT2D eigenvalue weighted by Gasteiger charge is 2.26. The Hall–Kier alpha value is -0.860. The van der Waals surface area contributed by atoms with E-state index in [2.05, 4.69) is 53.8 Å². The molecule has 0 aliphatic heterocycles. The molecule has 0 atom stereocenters. The van der Waals surface area contributed by atoms with E-state index < -0.39 is 0 Å². The van der Waals surface area contributed by atoms with Gasteiger partial charge in [0.15, 0.2) is 0 Å². The fourth-order valence-corrected chi connectivity index (χ4v) is 3.34. The van der Waals surface area contributed by atoms with E-state index in [-0.39, 0.29) is 5.41 Å². The van der Waals surface area contributed by atoms with Crippen LogP contribution < -0.4 is 5.32 Å². The van der Waals surface area contributed by atoms with Crippen LogP contribution in [0, 0.1) is 34.6 Å². The molecule has 2 nitrogen and oxygen atoms in total. The first-order valence-corrected chi connectivity index (χ1v) is 8.01. The summed E-state index contributed by atoms with van der Waals surface area (Å²) in [4.78, 5) is 0. The van der Waals surface area contributed by atoms with Crippen LogP contribution in [0.25, 0.3) is 0 Å². The van der Waals surface area contributed by atoms with Crippen LogP contribution in [0.15, 0.2) is 0 Å². The summed E-state index contributed by atoms with van der Waals surface area (Å²) < 4.78 is 5.08. The first-order chi connectivity index (χ1) is 9.74. The predicted octanol–water partition coefficient (Wildman–Crippen LogP) is 4.13. The highest BCUT2D eigenvalue weighted by Crippen LogP contribution is 2.36. The lowest BCUT2D eigenvalue weighted by molar-refractivity contribution is 0.198. The second-order valence-electron chi connectivity index (χ2n) is 6.88. The lowest BCUT2D eigenvalue weighted by Crippen LogP contribution is -2.29. The van der Waals surface area contributed by atoms with Crippen LogP contribution in [-0.4, -0.2) is 26.8 Å². The first kappa shape index (κ1) is 18.2. The summed E-state index contributed by atoms with van der Waals surface area (Å²) >= 11 is 0. The fourth-order valence-electron chi connectivity index (χ4n) is 3.34. The zero-order valence-electron chi connectivity index (χ0n) is 15.2. The van der Waals surface area contributed by atoms with Gasteiger partial charge in [0, 0.05) is 13.7 Å². The van der Waals surface area contributed by atoms with Crippen LogP contribution in [0.2, 0.25) is 0 Å². The lowest BCUT2D eigenvalue weighted by atomic mass is 9.74. The Kier molecular flexibility index (Phi) is 6.42. The molecule has 120 valence electrons. The molecule has 1 rings (SSSR count). The topological polar surface area (TPSA) is 21.3 Å². The number of benzene rings is 1. The molecule has 0 bridgehead atoms. The van der Waals surface area contributed by atoms with Gasteiger partial charge in [-0.3, -0.25) is 0 Å². The lowest BCUT2D eigenvalue weighted by Gasteiger charge is -2.32. The van der Waals surface area contributed by atoms with Crippen molar-refractivity contribution in [3.05, 3.63) is 33.4 Å². The van der Waals surface area contributed by atoms with Crippen LogP contribution in [-0.2, 0) is 10.2 Å². The van der Waals surface area contributed by atoms with Gasteiger partial charge in [0.2, 0.25) is 0 Å². The number of rotatable bonds is 7. The van der Waals surface area contributed by atoms with Gasteiger partial charge in [-0.05, 0) is 86.4 Å². The van der Waals surface area contributed by atoms with E-state index in [1.165, 1.54) is 33.4 Å². The Morgan fingerprint density at radius 2 is 1.29 bits per heavy atom. The molecule has 0 amide bonds. The molecule has 0 heterocycles. The molecule has 0 aromatic heterocycles. The molecule has 0 aliphatic carbocycles. The van der Waals surface area contributed by atoms with Crippen LogP contribution >= 0.6 is 0 Å². The highest BCUT2D eigenvalue weighted by molar-refractivity contribution is 5.52. The van der Waals surface area contributed by atoms with Crippen molar-refractivity contribution in [2.45, 2.75) is 60.3 Å². The number of hydrogen-bond donors (Lipinski definition) is 1. The molecule has 0 unspecified atom stereocenters. The van der Waals surface area contributed by atoms with Gasteiger partial charge in [-0.2, -0.15) is 0 Å². The zero-order valence-corrected chi connectivity index (χ0v) is 15.2. The fraction of sp³-hybridized carbons (Fsp3) is 0.684. The van der Waals surface area contributed by atoms with Gasteiger partial charge in [-0.15, -0.1) is 0 Å². The molecule has 1 N–H and O–H groups in total. The van der Waals surface area contributed by atoms with Gasteiger partial charge in [-0.1, -0.05) is 13.8 Å². The average Bonchev–Trinajstić information content (AvgIpc) is 2.42. The van der Waals surface area contributed by atoms with Crippen molar-refractivity contribution in [2.75, 3.05) is 26.8 Å². The zero-order chi connectivity index (χ0) is 16.2. The third-order valence-corrected chi connectivity index (χ3v) is 5.09. The van der Waals surface area contributed by atoms with E-state index in [0.29, 0.717) is 0 Å². The Morgan fingerprint density at radius 1 is 0.810 bits per heavy atom. The van der Waals surface area contributed by atoms with Crippen molar-refractivity contribution in [1.29, 1.82) is 0 Å². The smallest absolute Gasteiger partial charge is 0.0587 e. The van der Waals surface area contributed by atoms with Crippen molar-refractivity contribution < 1.29 is 4.74 Å². The third kappa shape index (κ3) is 4.08. The van der Waals surface area contributed by atoms with Crippen LogP contribution in [0.1, 0.15) is 53.6 Å². The maximum atomic E-state index is 5.08. The van der Waals surface area contributed by atoms with Crippen LogP contribution in [0.5, 0.6) is 0 Å². The molecule has 0 spiro atoms. The van der Waals surface area contributed by atoms with E-state index in [1.807, 2.05) is 0 Å². The average molecular weight is 291 g/mol. The van der Waals surface area contributed by atoms with Gasteiger partial charge in [-0.25, -0.2) is 0 Å². The minimum atomic E-state index is 0.192. The molecule has 2 heteroatoms. The van der Waals surface area contributed by atoms with Crippen LogP contribution in [0.3, 0.4) is 0 Å². The molecule has 21 heavy (non-hydrogen) atoms. The van der Waals surface area contributed by atoms with Crippen molar-refractivity contribution in [1.82, 2.24) is 5.32 Å². The van der Waals surface area contributed by atoms with Crippen molar-refractivity contribution >= 4 is 0 Å². The molecular formula is C19H33NO. The number of ether oxygens (including phenoxy) is 1. The number of hydrogen-bond acceptors (Lipinski definition) is 2. The van der Waals surface area contributed by atoms with E-state index >= 15 is 0 Å². The summed E-state index contributed by atoms with van der Waals surface area (Å²) in [6, 6.07) is 0. The second kappa shape index (κ2) is 7.42. The molecule has 1 aromatic rings. The van der Waals surface area contributed by atoms with E-state index in [0.717, 1.165) is 26.1 Å². The van der Waals surface area contributed by atoms with Gasteiger partial charge in [0.1, 0.15) is 0 Å². The monoisotopic (exact) mass is 291 g/mol. The summed E-state index contributed by atoms with van der Waals surface area (Å²) in [6.45, 7) is 18.8. The summed E-state index contributed by atoms with van der Waals surface area (Å²) in [5.74, 6) is 0. The molecule has 0 saturated heterocycles. The standard InChI is InChI=1S/C19H33NO/c1-13-14(2)16(4)18(17(5)15(13)3)19(6,7)9-10-20-11-12-21-8/h20H,9-12H2,1-8H3. The molecular weight excluding hydrogens is 258 g/mol. The van der Waals surface area contributed by atoms with Gasteiger partial charge in [0.25, 0.3) is 0 Å². The quantitative estimate of drug-likeness (QED) is 0.763. The van der Waals surface area contributed by atoms with Gasteiger partial charge in [0.05, 0.1) is 6.61 Å². The maximum Gasteiger partial charge on any atom is 0.0587 e. The largest absolute Gasteiger partial charge is 0.383 e. The molecule has 0 fully saturated rings. The number of nitrogens with one attached hydrogen (secondary N) is 1. The molecule has 0 saturated carbocycles. The van der Waals surface area contributed by atoms with E-state index in [4.69, 9.17) is 4.74 Å². The normalized spacial score (nSPS) is 12.0. The molecule has 1 aromatic carbocycles. The Balaban J connectivity index is 2.98. The minimum absolute atomic E-state index is 0.192. The third-order valence-electron chi connectivity index (χ3n) is 5.09. The Bertz CT molecular complexity index is 460. The van der Waals surface area contributed by atoms with Crippen molar-refractivity contribution in [3.8, 4) is 0 Å². The Morgan fingerprint density at radius 3 is 1.76 bits per heavy atom. The summed E-state index contributed by atoms with van der Waals surface area (Å²) in [7, 11) is 1.75. The SMILES string of the molecule is COCCNCCC(C)(C)c1c(C)c(C)c(C)c(C)c1C. The maximum absolute atomic E-state index is 5.08. The minimum Gasteiger partial charge on any atom is -0.383 e. The van der Waals surface area contributed by atoms with E-state index in [1.54, 1.807) is 7.11 Å². The summed E-state index contributed by atoms with van der Waals surface area (Å²) in [5, 5.41) is 3.47. The molecule has 0 radical (unpaired) electrons. The van der Waals surface area contributed by atoms with Gasteiger partial charge >= 0.3 is 0 Å². The van der Waals surface area contributed by atoms with E-state index in [9.17, 15) is 0 Å². The van der Waals surface area contributed by atoms with Crippen molar-refractivity contribution in [2.24, 2.45) is 0 Å².